The maximum absolute atomic E-state index is 13.8. The Labute approximate surface area is 138 Å². The van der Waals surface area contributed by atoms with Gasteiger partial charge in [0, 0.05) is 29.9 Å². The van der Waals surface area contributed by atoms with Crippen molar-refractivity contribution in [3.8, 4) is 0 Å². The number of esters is 1. The summed E-state index contributed by atoms with van der Waals surface area (Å²) in [4.78, 5) is 23.4. The van der Waals surface area contributed by atoms with Gasteiger partial charge in [-0.3, -0.25) is 0 Å². The Morgan fingerprint density at radius 3 is 2.83 bits per heavy atom. The summed E-state index contributed by atoms with van der Waals surface area (Å²) in [6, 6.07) is 2.45. The zero-order chi connectivity index (χ0) is 17.7. The second-order valence-corrected chi connectivity index (χ2v) is 5.25. The average molecular weight is 339 g/mol. The van der Waals surface area contributed by atoms with E-state index < -0.39 is 29.7 Å². The van der Waals surface area contributed by atoms with Gasteiger partial charge in [-0.15, -0.1) is 0 Å². The zero-order valence-electron chi connectivity index (χ0n) is 13.4. The maximum atomic E-state index is 13.8. The van der Waals surface area contributed by atoms with Crippen LogP contribution in [0, 0.1) is 11.6 Å². The molecule has 130 valence electrons. The van der Waals surface area contributed by atoms with Gasteiger partial charge < -0.3 is 20.7 Å². The van der Waals surface area contributed by atoms with Crippen molar-refractivity contribution < 1.29 is 23.1 Å². The van der Waals surface area contributed by atoms with Gasteiger partial charge in [0.25, 0.3) is 0 Å². The van der Waals surface area contributed by atoms with Gasteiger partial charge in [0.1, 0.15) is 11.6 Å². The third-order valence-corrected chi connectivity index (χ3v) is 3.59. The molecule has 1 aromatic carbocycles. The number of benzene rings is 1. The summed E-state index contributed by atoms with van der Waals surface area (Å²) < 4.78 is 31.7. The van der Waals surface area contributed by atoms with Gasteiger partial charge >= 0.3 is 12.0 Å². The van der Waals surface area contributed by atoms with Crippen molar-refractivity contribution in [3.05, 3.63) is 46.7 Å². The third kappa shape index (κ3) is 4.29. The van der Waals surface area contributed by atoms with Crippen molar-refractivity contribution in [2.24, 2.45) is 0 Å². The molecule has 0 aliphatic carbocycles. The number of amides is 2. The van der Waals surface area contributed by atoms with E-state index in [1.807, 2.05) is 0 Å². The van der Waals surface area contributed by atoms with Crippen LogP contribution in [0.3, 0.4) is 0 Å². The van der Waals surface area contributed by atoms with E-state index in [0.717, 1.165) is 6.07 Å². The number of urea groups is 1. The first-order valence-corrected chi connectivity index (χ1v) is 7.54. The first-order chi connectivity index (χ1) is 11.4. The summed E-state index contributed by atoms with van der Waals surface area (Å²) in [5, 5.41) is 8.05. The van der Waals surface area contributed by atoms with E-state index in [2.05, 4.69) is 16.0 Å². The second kappa shape index (κ2) is 7.87. The number of ether oxygens (including phenoxy) is 1. The van der Waals surface area contributed by atoms with Gasteiger partial charge in [0.05, 0.1) is 18.7 Å². The molecular formula is C16H19F2N3O3. The molecule has 1 heterocycles. The molecule has 0 aromatic heterocycles. The molecule has 0 saturated carbocycles. The first kappa shape index (κ1) is 17.9. The van der Waals surface area contributed by atoms with Crippen LogP contribution in [0.4, 0.5) is 13.6 Å². The lowest BCUT2D eigenvalue weighted by Gasteiger charge is -2.23. The van der Waals surface area contributed by atoms with Crippen LogP contribution in [0.25, 0.3) is 0 Å². The zero-order valence-corrected chi connectivity index (χ0v) is 13.4. The van der Waals surface area contributed by atoms with Crippen LogP contribution in [0.2, 0.25) is 0 Å². The van der Waals surface area contributed by atoms with Gasteiger partial charge in [-0.1, -0.05) is 6.07 Å². The Morgan fingerprint density at radius 1 is 1.42 bits per heavy atom. The van der Waals surface area contributed by atoms with E-state index in [1.165, 1.54) is 12.1 Å². The number of hydrogen-bond donors (Lipinski definition) is 3. The minimum atomic E-state index is -0.663. The van der Waals surface area contributed by atoms with Crippen molar-refractivity contribution >= 4 is 12.0 Å². The minimum absolute atomic E-state index is 0.0565. The Kier molecular flexibility index (Phi) is 5.86. The molecule has 0 saturated heterocycles. The number of carbonyl (C=O) groups is 2. The summed E-state index contributed by atoms with van der Waals surface area (Å²) >= 11 is 0. The van der Waals surface area contributed by atoms with Gasteiger partial charge in [-0.2, -0.15) is 0 Å². The van der Waals surface area contributed by atoms with Crippen molar-refractivity contribution in [1.82, 2.24) is 16.0 Å². The number of nitrogens with one attached hydrogen (secondary N) is 3. The molecule has 2 amide bonds. The lowest BCUT2D eigenvalue weighted by Crippen LogP contribution is -2.46. The second-order valence-electron chi connectivity index (χ2n) is 5.25. The molecule has 0 unspecified atom stereocenters. The van der Waals surface area contributed by atoms with Gasteiger partial charge in [-0.05, 0) is 19.9 Å². The van der Waals surface area contributed by atoms with Crippen LogP contribution in [-0.4, -0.2) is 31.7 Å². The topological polar surface area (TPSA) is 79.5 Å². The van der Waals surface area contributed by atoms with Crippen LogP contribution in [-0.2, 0) is 9.53 Å². The minimum Gasteiger partial charge on any atom is -0.463 e. The Balaban J connectivity index is 2.11. The molecule has 0 fully saturated rings. The van der Waals surface area contributed by atoms with Crippen molar-refractivity contribution in [1.29, 1.82) is 0 Å². The predicted octanol–water partition coefficient (Wildman–Crippen LogP) is 1.75. The molecule has 1 aliphatic rings. The van der Waals surface area contributed by atoms with E-state index in [1.54, 1.807) is 13.8 Å². The highest BCUT2D eigenvalue weighted by atomic mass is 19.1. The highest BCUT2D eigenvalue weighted by Gasteiger charge is 2.24. The van der Waals surface area contributed by atoms with Crippen LogP contribution < -0.4 is 16.0 Å². The largest absolute Gasteiger partial charge is 0.463 e. The Morgan fingerprint density at radius 2 is 2.17 bits per heavy atom. The lowest BCUT2D eigenvalue weighted by molar-refractivity contribution is -0.138. The summed E-state index contributed by atoms with van der Waals surface area (Å²) in [6.07, 6.45) is 0. The molecule has 3 N–H and O–H groups in total. The van der Waals surface area contributed by atoms with Crippen molar-refractivity contribution in [3.63, 3.8) is 0 Å². The quantitative estimate of drug-likeness (QED) is 0.690. The third-order valence-electron chi connectivity index (χ3n) is 3.59. The number of hydrogen-bond acceptors (Lipinski definition) is 4. The van der Waals surface area contributed by atoms with Crippen LogP contribution in [0.1, 0.15) is 25.5 Å². The molecule has 2 rings (SSSR count). The fourth-order valence-corrected chi connectivity index (χ4v) is 2.31. The summed E-state index contributed by atoms with van der Waals surface area (Å²) in [7, 11) is 0. The van der Waals surface area contributed by atoms with Crippen LogP contribution in [0.15, 0.2) is 29.5 Å². The van der Waals surface area contributed by atoms with Crippen molar-refractivity contribution in [2.45, 2.75) is 19.9 Å². The van der Waals surface area contributed by atoms with E-state index in [9.17, 15) is 18.4 Å². The van der Waals surface area contributed by atoms with Crippen LogP contribution in [0.5, 0.6) is 0 Å². The number of carbonyl (C=O) groups excluding carboxylic acids is 2. The fraction of sp³-hybridized carbons (Fsp3) is 0.375. The smallest absolute Gasteiger partial charge is 0.337 e. The number of rotatable bonds is 6. The molecule has 1 atom stereocenters. The fourth-order valence-electron chi connectivity index (χ4n) is 2.31. The molecule has 6 nitrogen and oxygen atoms in total. The van der Waals surface area contributed by atoms with E-state index in [0.29, 0.717) is 11.3 Å². The highest BCUT2D eigenvalue weighted by molar-refractivity contribution is 5.93. The van der Waals surface area contributed by atoms with Gasteiger partial charge in [0.15, 0.2) is 0 Å². The molecule has 24 heavy (non-hydrogen) atoms. The Hall–Kier alpha value is -2.48. The van der Waals surface area contributed by atoms with E-state index in [4.69, 9.17) is 4.74 Å². The molecule has 0 bridgehead atoms. The normalized spacial score (nSPS) is 15.6. The molecule has 1 aliphatic heterocycles. The molecule has 0 radical (unpaired) electrons. The standard InChI is InChI=1S/C16H19F2N3O3/c1-3-24-15(22)12-7-20-16(23)21-14(12)8-19-9(2)11-5-4-10(17)6-13(11)18/h4-6,9,19H,3,7-8H2,1-2H3,(H2,20,21,23)/t9-/m0/s1. The molecular weight excluding hydrogens is 320 g/mol. The van der Waals surface area contributed by atoms with E-state index in [-0.39, 0.29) is 25.3 Å². The number of halogens is 2. The van der Waals surface area contributed by atoms with Crippen LogP contribution >= 0.6 is 0 Å². The van der Waals surface area contributed by atoms with Gasteiger partial charge in [0.2, 0.25) is 0 Å². The summed E-state index contributed by atoms with van der Waals surface area (Å²) in [5.74, 6) is -1.84. The summed E-state index contributed by atoms with van der Waals surface area (Å²) in [6.45, 7) is 3.78. The van der Waals surface area contributed by atoms with Crippen molar-refractivity contribution in [2.75, 3.05) is 19.7 Å². The Bertz CT molecular complexity index is 677. The maximum Gasteiger partial charge on any atom is 0.337 e. The molecule has 8 heteroatoms. The van der Waals surface area contributed by atoms with Gasteiger partial charge in [-0.25, -0.2) is 18.4 Å². The lowest BCUT2D eigenvalue weighted by atomic mass is 10.1. The predicted molar refractivity (Wildman–Crippen MR) is 83.0 cm³/mol. The molecule has 1 aromatic rings. The van der Waals surface area contributed by atoms with E-state index >= 15 is 0 Å². The SMILES string of the molecule is CCOC(=O)C1=C(CN[C@@H](C)c2ccc(F)cc2F)NC(=O)NC1. The molecule has 0 spiro atoms. The summed E-state index contributed by atoms with van der Waals surface area (Å²) in [5.41, 5.74) is 0.956. The first-order valence-electron chi connectivity index (χ1n) is 7.54. The highest BCUT2D eigenvalue weighted by Crippen LogP contribution is 2.18. The monoisotopic (exact) mass is 339 g/mol. The average Bonchev–Trinajstić information content (AvgIpc) is 2.52.